The Balaban J connectivity index is 1.43. The van der Waals surface area contributed by atoms with Gasteiger partial charge in [-0.05, 0) is 74.1 Å². The first kappa shape index (κ1) is 23.5. The van der Waals surface area contributed by atoms with Crippen molar-refractivity contribution in [2.24, 2.45) is 11.8 Å². The van der Waals surface area contributed by atoms with Gasteiger partial charge in [0.05, 0.1) is 0 Å². The van der Waals surface area contributed by atoms with Crippen LogP contribution in [0.5, 0.6) is 0 Å². The Morgan fingerprint density at radius 1 is 0.412 bits per heavy atom. The van der Waals surface area contributed by atoms with Gasteiger partial charge in [-0.1, -0.05) is 134 Å². The molecule has 34 heavy (non-hydrogen) atoms. The summed E-state index contributed by atoms with van der Waals surface area (Å²) < 4.78 is 0. The SMILES string of the molecule is c1ccc(P(C[C@H]2CCCC[C@@H]2CP(c2ccccc2)c2ccccc2)c2ccccc2)cc1. The predicted octanol–water partition coefficient (Wildman–Crippen LogP) is 7.06. The molecule has 1 fully saturated rings. The zero-order chi connectivity index (χ0) is 23.0. The lowest BCUT2D eigenvalue weighted by Gasteiger charge is -2.37. The minimum absolute atomic E-state index is 0.327. The van der Waals surface area contributed by atoms with Crippen LogP contribution in [0.1, 0.15) is 25.7 Å². The minimum atomic E-state index is -0.327. The Bertz CT molecular complexity index is 941. The van der Waals surface area contributed by atoms with Crippen molar-refractivity contribution in [3.63, 3.8) is 0 Å². The van der Waals surface area contributed by atoms with Gasteiger partial charge in [-0.25, -0.2) is 0 Å². The minimum Gasteiger partial charge on any atom is -0.0622 e. The van der Waals surface area contributed by atoms with Crippen LogP contribution < -0.4 is 21.2 Å². The summed E-state index contributed by atoms with van der Waals surface area (Å²) in [5.74, 6) is 1.61. The summed E-state index contributed by atoms with van der Waals surface area (Å²) in [5, 5.41) is 6.12. The van der Waals surface area contributed by atoms with Crippen LogP contribution in [0.25, 0.3) is 0 Å². The van der Waals surface area contributed by atoms with Crippen molar-refractivity contribution < 1.29 is 0 Å². The van der Waals surface area contributed by atoms with E-state index in [0.29, 0.717) is 0 Å². The van der Waals surface area contributed by atoms with E-state index in [-0.39, 0.29) is 15.8 Å². The molecule has 0 bridgehead atoms. The van der Waals surface area contributed by atoms with Gasteiger partial charge in [0.2, 0.25) is 0 Å². The molecule has 1 saturated carbocycles. The van der Waals surface area contributed by atoms with Gasteiger partial charge < -0.3 is 0 Å². The van der Waals surface area contributed by atoms with Crippen molar-refractivity contribution >= 4 is 37.1 Å². The van der Waals surface area contributed by atoms with Crippen LogP contribution in [0.3, 0.4) is 0 Å². The first-order valence-corrected chi connectivity index (χ1v) is 15.7. The molecule has 2 atom stereocenters. The summed E-state index contributed by atoms with van der Waals surface area (Å²) >= 11 is 0. The van der Waals surface area contributed by atoms with Crippen LogP contribution in [0, 0.1) is 11.8 Å². The molecule has 0 aromatic heterocycles. The lowest BCUT2D eigenvalue weighted by molar-refractivity contribution is 0.285. The fourth-order valence-corrected chi connectivity index (χ4v) is 10.9. The molecule has 172 valence electrons. The van der Waals surface area contributed by atoms with Gasteiger partial charge in [0.1, 0.15) is 0 Å². The number of benzene rings is 4. The maximum absolute atomic E-state index is 2.36. The van der Waals surface area contributed by atoms with Crippen LogP contribution in [-0.2, 0) is 0 Å². The zero-order valence-corrected chi connectivity index (χ0v) is 21.6. The highest BCUT2D eigenvalue weighted by atomic mass is 31.1. The van der Waals surface area contributed by atoms with Crippen molar-refractivity contribution in [3.05, 3.63) is 121 Å². The van der Waals surface area contributed by atoms with E-state index in [2.05, 4.69) is 121 Å². The fourth-order valence-electron chi connectivity index (χ4n) is 5.39. The van der Waals surface area contributed by atoms with Crippen LogP contribution >= 0.6 is 15.8 Å². The monoisotopic (exact) mass is 480 g/mol. The van der Waals surface area contributed by atoms with Crippen molar-refractivity contribution in [3.8, 4) is 0 Å². The highest BCUT2D eigenvalue weighted by Crippen LogP contribution is 2.47. The third kappa shape index (κ3) is 5.86. The largest absolute Gasteiger partial charge is 0.0622 e. The molecule has 1 aliphatic carbocycles. The molecule has 2 heteroatoms. The maximum atomic E-state index is 2.36. The van der Waals surface area contributed by atoms with Gasteiger partial charge in [-0.3, -0.25) is 0 Å². The van der Waals surface area contributed by atoms with E-state index in [1.54, 1.807) is 0 Å². The quantitative estimate of drug-likeness (QED) is 0.237. The Morgan fingerprint density at radius 2 is 0.676 bits per heavy atom. The average Bonchev–Trinajstić information content (AvgIpc) is 2.93. The van der Waals surface area contributed by atoms with Crippen molar-refractivity contribution in [2.45, 2.75) is 25.7 Å². The Labute approximate surface area is 208 Å². The highest BCUT2D eigenvalue weighted by molar-refractivity contribution is 7.73. The highest BCUT2D eigenvalue weighted by Gasteiger charge is 2.31. The van der Waals surface area contributed by atoms with Gasteiger partial charge in [-0.15, -0.1) is 0 Å². The molecule has 4 aromatic rings. The number of rotatable bonds is 8. The summed E-state index contributed by atoms with van der Waals surface area (Å²) in [4.78, 5) is 0. The molecule has 0 radical (unpaired) electrons. The van der Waals surface area contributed by atoms with Gasteiger partial charge >= 0.3 is 0 Å². The summed E-state index contributed by atoms with van der Waals surface area (Å²) in [7, 11) is -0.653. The van der Waals surface area contributed by atoms with E-state index in [1.165, 1.54) is 59.2 Å². The molecule has 0 heterocycles. The van der Waals surface area contributed by atoms with Gasteiger partial charge in [-0.2, -0.15) is 0 Å². The Hall–Kier alpha value is -2.26. The third-order valence-corrected chi connectivity index (χ3v) is 12.5. The normalized spacial score (nSPS) is 18.3. The number of hydrogen-bond acceptors (Lipinski definition) is 0. The summed E-state index contributed by atoms with van der Waals surface area (Å²) in [6.07, 6.45) is 8.19. The zero-order valence-electron chi connectivity index (χ0n) is 19.8. The van der Waals surface area contributed by atoms with Crippen molar-refractivity contribution in [1.82, 2.24) is 0 Å². The standard InChI is InChI=1S/C32H34P2/c1-5-17-29(18-6-1)33(30-19-7-2-8-20-30)25-27-15-13-14-16-28(27)26-34(31-21-9-3-10-22-31)32-23-11-4-12-24-32/h1-12,17-24,27-28H,13-16,25-26H2/t27-,28-/m1/s1. The van der Waals surface area contributed by atoms with Crippen LogP contribution in [-0.4, -0.2) is 12.3 Å². The second-order valence-electron chi connectivity index (χ2n) is 9.37. The van der Waals surface area contributed by atoms with Gasteiger partial charge in [0, 0.05) is 0 Å². The molecular formula is C32H34P2. The second kappa shape index (κ2) is 11.9. The molecule has 5 rings (SSSR count). The molecule has 0 N–H and O–H groups in total. The maximum Gasteiger partial charge on any atom is -0.0195 e. The molecule has 0 unspecified atom stereocenters. The summed E-state index contributed by atoms with van der Waals surface area (Å²) in [6, 6.07) is 45.2. The molecule has 0 amide bonds. The summed E-state index contributed by atoms with van der Waals surface area (Å²) in [6.45, 7) is 0. The van der Waals surface area contributed by atoms with E-state index in [4.69, 9.17) is 0 Å². The smallest absolute Gasteiger partial charge is 0.0195 e. The number of hydrogen-bond donors (Lipinski definition) is 0. The van der Waals surface area contributed by atoms with E-state index in [9.17, 15) is 0 Å². The lowest BCUT2D eigenvalue weighted by Crippen LogP contribution is -2.30. The van der Waals surface area contributed by atoms with E-state index < -0.39 is 0 Å². The van der Waals surface area contributed by atoms with E-state index in [0.717, 1.165) is 11.8 Å². The van der Waals surface area contributed by atoms with E-state index >= 15 is 0 Å². The Kier molecular flexibility index (Phi) is 8.24. The van der Waals surface area contributed by atoms with Crippen molar-refractivity contribution in [2.75, 3.05) is 12.3 Å². The molecule has 0 aliphatic heterocycles. The molecule has 0 saturated heterocycles. The van der Waals surface area contributed by atoms with Crippen LogP contribution in [0.4, 0.5) is 0 Å². The predicted molar refractivity (Wildman–Crippen MR) is 153 cm³/mol. The van der Waals surface area contributed by atoms with Gasteiger partial charge in [0.25, 0.3) is 0 Å². The van der Waals surface area contributed by atoms with E-state index in [1.807, 2.05) is 0 Å². The summed E-state index contributed by atoms with van der Waals surface area (Å²) in [5.41, 5.74) is 0. The molecular weight excluding hydrogens is 446 g/mol. The average molecular weight is 481 g/mol. The first-order chi connectivity index (χ1) is 16.9. The molecule has 4 aromatic carbocycles. The van der Waals surface area contributed by atoms with Gasteiger partial charge in [0.15, 0.2) is 0 Å². The molecule has 0 nitrogen and oxygen atoms in total. The third-order valence-electron chi connectivity index (χ3n) is 7.17. The lowest BCUT2D eigenvalue weighted by atomic mass is 9.81. The Morgan fingerprint density at radius 3 is 0.941 bits per heavy atom. The second-order valence-corrected chi connectivity index (χ2v) is 13.9. The van der Waals surface area contributed by atoms with Crippen LogP contribution in [0.2, 0.25) is 0 Å². The van der Waals surface area contributed by atoms with Crippen LogP contribution in [0.15, 0.2) is 121 Å². The molecule has 1 aliphatic rings. The van der Waals surface area contributed by atoms with Crippen molar-refractivity contribution in [1.29, 1.82) is 0 Å². The molecule has 0 spiro atoms. The first-order valence-electron chi connectivity index (χ1n) is 12.6. The fraction of sp³-hybridized carbons (Fsp3) is 0.250. The topological polar surface area (TPSA) is 0 Å².